The molecule has 0 saturated carbocycles. The van der Waals surface area contributed by atoms with Crippen LogP contribution in [0.3, 0.4) is 0 Å². The van der Waals surface area contributed by atoms with Gasteiger partial charge in [0.2, 0.25) is 5.78 Å². The van der Waals surface area contributed by atoms with Gasteiger partial charge < -0.3 is 23.2 Å². The van der Waals surface area contributed by atoms with Crippen molar-refractivity contribution < 1.29 is 28.2 Å². The van der Waals surface area contributed by atoms with Gasteiger partial charge in [0.25, 0.3) is 0 Å². The molecular formula is C23H25NO6. The Morgan fingerprint density at radius 3 is 2.40 bits per heavy atom. The number of ether oxygens (including phenoxy) is 3. The summed E-state index contributed by atoms with van der Waals surface area (Å²) in [4.78, 5) is 24.6. The van der Waals surface area contributed by atoms with E-state index in [1.54, 1.807) is 30.5 Å². The van der Waals surface area contributed by atoms with Crippen molar-refractivity contribution in [2.45, 2.75) is 27.3 Å². The van der Waals surface area contributed by atoms with Gasteiger partial charge in [0.1, 0.15) is 5.76 Å². The zero-order valence-electron chi connectivity index (χ0n) is 17.3. The van der Waals surface area contributed by atoms with E-state index in [1.807, 2.05) is 43.5 Å². The van der Waals surface area contributed by atoms with Crippen LogP contribution in [0.15, 0.2) is 53.1 Å². The van der Waals surface area contributed by atoms with Crippen LogP contribution in [0.1, 0.15) is 34.4 Å². The topological polar surface area (TPSA) is 79.9 Å². The highest BCUT2D eigenvalue weighted by molar-refractivity contribution is 5.99. The number of carbonyl (C=O) groups excluding carboxylic acids is 2. The molecule has 0 amide bonds. The smallest absolute Gasteiger partial charge is 0.344 e. The van der Waals surface area contributed by atoms with Gasteiger partial charge >= 0.3 is 5.97 Å². The summed E-state index contributed by atoms with van der Waals surface area (Å²) in [6.07, 6.45) is 1.61. The van der Waals surface area contributed by atoms with Gasteiger partial charge in [0.05, 0.1) is 19.4 Å². The lowest BCUT2D eigenvalue weighted by Crippen LogP contribution is -2.20. The molecule has 0 saturated heterocycles. The van der Waals surface area contributed by atoms with Gasteiger partial charge in [-0.3, -0.25) is 4.79 Å². The van der Waals surface area contributed by atoms with E-state index in [0.29, 0.717) is 30.2 Å². The fourth-order valence-electron chi connectivity index (χ4n) is 3.13. The molecule has 2 aromatic heterocycles. The number of aryl methyl sites for hydroxylation is 1. The van der Waals surface area contributed by atoms with Crippen molar-refractivity contribution in [2.24, 2.45) is 0 Å². The van der Waals surface area contributed by atoms with E-state index < -0.39 is 5.97 Å². The third kappa shape index (κ3) is 5.11. The maximum atomic E-state index is 12.6. The maximum Gasteiger partial charge on any atom is 0.344 e. The van der Waals surface area contributed by atoms with Gasteiger partial charge in [-0.15, -0.1) is 0 Å². The number of furan rings is 1. The molecule has 0 aliphatic rings. The van der Waals surface area contributed by atoms with Crippen molar-refractivity contribution in [1.82, 2.24) is 4.57 Å². The van der Waals surface area contributed by atoms with Crippen molar-refractivity contribution in [3.8, 4) is 11.5 Å². The van der Waals surface area contributed by atoms with Crippen molar-refractivity contribution >= 4 is 11.8 Å². The number of carbonyl (C=O) groups is 2. The monoisotopic (exact) mass is 411 g/mol. The number of rotatable bonds is 10. The molecule has 30 heavy (non-hydrogen) atoms. The molecule has 1 aromatic carbocycles. The number of para-hydroxylation sites is 2. The summed E-state index contributed by atoms with van der Waals surface area (Å²) in [5.41, 5.74) is 2.25. The molecule has 0 aliphatic carbocycles. The minimum absolute atomic E-state index is 0.267. The summed E-state index contributed by atoms with van der Waals surface area (Å²) in [7, 11) is 0. The first-order valence-electron chi connectivity index (χ1n) is 9.72. The first kappa shape index (κ1) is 21.2. The van der Waals surface area contributed by atoms with Gasteiger partial charge in [-0.25, -0.2) is 4.79 Å². The molecule has 0 unspecified atom stereocenters. The normalized spacial score (nSPS) is 10.6. The average molecular weight is 411 g/mol. The highest BCUT2D eigenvalue weighted by atomic mass is 16.6. The second kappa shape index (κ2) is 9.82. The fourth-order valence-corrected chi connectivity index (χ4v) is 3.13. The SMILES string of the molecule is CCOc1ccccc1OCC(=O)OCC(=O)c1cc(C)n(Cc2ccco2)c1C. The van der Waals surface area contributed by atoms with Crippen LogP contribution < -0.4 is 9.47 Å². The number of benzene rings is 1. The second-order valence-corrected chi connectivity index (χ2v) is 6.70. The summed E-state index contributed by atoms with van der Waals surface area (Å²) >= 11 is 0. The predicted molar refractivity (Wildman–Crippen MR) is 110 cm³/mol. The molecule has 158 valence electrons. The first-order chi connectivity index (χ1) is 14.5. The van der Waals surface area contributed by atoms with Crippen LogP contribution >= 0.6 is 0 Å². The van der Waals surface area contributed by atoms with Crippen LogP contribution in [0, 0.1) is 13.8 Å². The molecule has 7 heteroatoms. The Labute approximate surface area is 175 Å². The Balaban J connectivity index is 1.55. The number of hydrogen-bond donors (Lipinski definition) is 0. The predicted octanol–water partition coefficient (Wildman–Crippen LogP) is 3.95. The first-order valence-corrected chi connectivity index (χ1v) is 9.72. The Kier molecular flexibility index (Phi) is 6.95. The van der Waals surface area contributed by atoms with Crippen molar-refractivity contribution in [1.29, 1.82) is 0 Å². The molecule has 7 nitrogen and oxygen atoms in total. The quantitative estimate of drug-likeness (QED) is 0.371. The number of aromatic nitrogens is 1. The van der Waals surface area contributed by atoms with Crippen molar-refractivity contribution in [2.75, 3.05) is 19.8 Å². The van der Waals surface area contributed by atoms with E-state index in [9.17, 15) is 9.59 Å². The molecule has 0 atom stereocenters. The second-order valence-electron chi connectivity index (χ2n) is 6.70. The number of nitrogens with zero attached hydrogens (tertiary/aromatic N) is 1. The highest BCUT2D eigenvalue weighted by Crippen LogP contribution is 2.26. The molecule has 3 aromatic rings. The minimum atomic E-state index is -0.626. The third-order valence-electron chi connectivity index (χ3n) is 4.63. The van der Waals surface area contributed by atoms with E-state index in [0.717, 1.165) is 17.1 Å². The lowest BCUT2D eigenvalue weighted by molar-refractivity contribution is -0.144. The van der Waals surface area contributed by atoms with Crippen LogP contribution in [0.25, 0.3) is 0 Å². The molecule has 0 N–H and O–H groups in total. The summed E-state index contributed by atoms with van der Waals surface area (Å²) in [6, 6.07) is 12.6. The molecule has 0 aliphatic heterocycles. The van der Waals surface area contributed by atoms with Crippen LogP contribution in [0.5, 0.6) is 11.5 Å². The maximum absolute atomic E-state index is 12.6. The lowest BCUT2D eigenvalue weighted by Gasteiger charge is -2.11. The Bertz CT molecular complexity index is 1000. The standard InChI is InChI=1S/C23H25NO6/c1-4-27-21-9-5-6-10-22(21)29-15-23(26)30-14-20(25)19-12-16(2)24(17(19)3)13-18-8-7-11-28-18/h5-12H,4,13-15H2,1-3H3. The zero-order valence-corrected chi connectivity index (χ0v) is 17.3. The van der Waals surface area contributed by atoms with E-state index in [1.165, 1.54) is 0 Å². The Hall–Kier alpha value is -3.48. The fraction of sp³-hybridized carbons (Fsp3) is 0.304. The number of esters is 1. The lowest BCUT2D eigenvalue weighted by atomic mass is 10.1. The van der Waals surface area contributed by atoms with E-state index in [-0.39, 0.29) is 19.0 Å². The van der Waals surface area contributed by atoms with Crippen LogP contribution in [0.2, 0.25) is 0 Å². The van der Waals surface area contributed by atoms with Gasteiger partial charge in [0.15, 0.2) is 24.7 Å². The van der Waals surface area contributed by atoms with Gasteiger partial charge in [-0.1, -0.05) is 12.1 Å². The minimum Gasteiger partial charge on any atom is -0.490 e. The third-order valence-corrected chi connectivity index (χ3v) is 4.63. The molecule has 0 fully saturated rings. The summed E-state index contributed by atoms with van der Waals surface area (Å²) in [6.45, 7) is 6.00. The zero-order chi connectivity index (χ0) is 21.5. The average Bonchev–Trinajstić information content (AvgIpc) is 3.35. The van der Waals surface area contributed by atoms with E-state index in [2.05, 4.69) is 0 Å². The summed E-state index contributed by atoms with van der Waals surface area (Å²) < 4.78 is 23.4. The molecule has 0 radical (unpaired) electrons. The summed E-state index contributed by atoms with van der Waals surface area (Å²) in [5.74, 6) is 0.902. The summed E-state index contributed by atoms with van der Waals surface area (Å²) in [5, 5.41) is 0. The highest BCUT2D eigenvalue weighted by Gasteiger charge is 2.18. The van der Waals surface area contributed by atoms with E-state index in [4.69, 9.17) is 18.6 Å². The van der Waals surface area contributed by atoms with Crippen molar-refractivity contribution in [3.05, 3.63) is 71.4 Å². The van der Waals surface area contributed by atoms with E-state index >= 15 is 0 Å². The molecule has 0 bridgehead atoms. The van der Waals surface area contributed by atoms with Crippen LogP contribution in [0.4, 0.5) is 0 Å². The molecular weight excluding hydrogens is 386 g/mol. The number of ketones is 1. The molecule has 3 rings (SSSR count). The Morgan fingerprint density at radius 2 is 1.73 bits per heavy atom. The van der Waals surface area contributed by atoms with Gasteiger partial charge in [-0.05, 0) is 51.1 Å². The number of hydrogen-bond acceptors (Lipinski definition) is 6. The van der Waals surface area contributed by atoms with Crippen molar-refractivity contribution in [3.63, 3.8) is 0 Å². The van der Waals surface area contributed by atoms with Gasteiger partial charge in [-0.2, -0.15) is 0 Å². The Morgan fingerprint density at radius 1 is 1.00 bits per heavy atom. The van der Waals surface area contributed by atoms with Gasteiger partial charge in [0, 0.05) is 17.0 Å². The largest absolute Gasteiger partial charge is 0.490 e. The number of Topliss-reactive ketones (excluding diaryl/α,β-unsaturated/α-hetero) is 1. The molecule has 0 spiro atoms. The van der Waals surface area contributed by atoms with Crippen LogP contribution in [-0.4, -0.2) is 36.1 Å². The van der Waals surface area contributed by atoms with Crippen LogP contribution in [-0.2, 0) is 16.1 Å². The molecule has 2 heterocycles.